The number of hydrogen-bond donors (Lipinski definition) is 0. The van der Waals surface area contributed by atoms with Gasteiger partial charge < -0.3 is 4.74 Å². The molecule has 0 aliphatic carbocycles. The molecule has 0 radical (unpaired) electrons. The molecule has 0 saturated carbocycles. The maximum atomic E-state index is 11.2. The average molecular weight is 245 g/mol. The van der Waals surface area contributed by atoms with Crippen LogP contribution < -0.4 is 0 Å². The van der Waals surface area contributed by atoms with E-state index in [-0.39, 0.29) is 12.1 Å². The molecule has 1 aromatic rings. The van der Waals surface area contributed by atoms with Crippen molar-refractivity contribution < 1.29 is 9.53 Å². The lowest BCUT2D eigenvalue weighted by atomic mass is 9.74. The lowest BCUT2D eigenvalue weighted by Gasteiger charge is -2.49. The van der Waals surface area contributed by atoms with Gasteiger partial charge in [-0.3, -0.25) is 9.69 Å². The highest BCUT2D eigenvalue weighted by atomic mass is 16.5. The van der Waals surface area contributed by atoms with Crippen molar-refractivity contribution in [3.05, 3.63) is 35.9 Å². The predicted molar refractivity (Wildman–Crippen MR) is 69.3 cm³/mol. The van der Waals surface area contributed by atoms with Crippen molar-refractivity contribution >= 4 is 5.97 Å². The molecular formula is C15H19NO2. The van der Waals surface area contributed by atoms with Gasteiger partial charge in [0.05, 0.1) is 0 Å². The summed E-state index contributed by atoms with van der Waals surface area (Å²) in [6.45, 7) is 4.67. The molecule has 4 atom stereocenters. The van der Waals surface area contributed by atoms with Crippen LogP contribution in [0, 0.1) is 5.92 Å². The van der Waals surface area contributed by atoms with E-state index in [2.05, 4.69) is 35.2 Å². The molecule has 3 fully saturated rings. The van der Waals surface area contributed by atoms with Crippen molar-refractivity contribution in [2.75, 3.05) is 19.6 Å². The zero-order valence-corrected chi connectivity index (χ0v) is 10.7. The van der Waals surface area contributed by atoms with E-state index in [4.69, 9.17) is 4.74 Å². The summed E-state index contributed by atoms with van der Waals surface area (Å²) < 4.78 is 5.50. The maximum absolute atomic E-state index is 11.2. The van der Waals surface area contributed by atoms with Crippen molar-refractivity contribution in [1.29, 1.82) is 0 Å². The van der Waals surface area contributed by atoms with Crippen LogP contribution in [0.4, 0.5) is 0 Å². The van der Waals surface area contributed by atoms with Crippen LogP contribution in [-0.4, -0.2) is 36.6 Å². The molecule has 4 rings (SSSR count). The Balaban J connectivity index is 1.82. The van der Waals surface area contributed by atoms with E-state index in [1.54, 1.807) is 0 Å². The molecule has 96 valence electrons. The number of carbonyl (C=O) groups excluding carboxylic acids is 1. The predicted octanol–water partition coefficient (Wildman–Crippen LogP) is 2.04. The number of ether oxygens (including phenoxy) is 1. The fourth-order valence-electron chi connectivity index (χ4n) is 3.43. The molecule has 3 nitrogen and oxygen atoms in total. The quantitative estimate of drug-likeness (QED) is 0.747. The van der Waals surface area contributed by atoms with Crippen LogP contribution in [0.1, 0.15) is 24.8 Å². The second kappa shape index (κ2) is 4.73. The van der Waals surface area contributed by atoms with E-state index in [1.807, 2.05) is 0 Å². The first-order chi connectivity index (χ1) is 8.74. The standard InChI is InChI=1S/C15H19NO2/c1-11(17)18-15-10-16-8-7-13(15)14(9-16)12-5-3-2-4-6-12/h2-6,13-15H,7-10H2,1H3/t13-,14-,15+/m0/s1. The van der Waals surface area contributed by atoms with Crippen LogP contribution in [0.2, 0.25) is 0 Å². The Kier molecular flexibility index (Phi) is 3.08. The largest absolute Gasteiger partial charge is 0.461 e. The highest BCUT2D eigenvalue weighted by molar-refractivity contribution is 5.66. The van der Waals surface area contributed by atoms with E-state index in [0.717, 1.165) is 26.1 Å². The van der Waals surface area contributed by atoms with Crippen molar-refractivity contribution in [2.24, 2.45) is 5.92 Å². The first-order valence-electron chi connectivity index (χ1n) is 6.68. The summed E-state index contributed by atoms with van der Waals surface area (Å²) in [4.78, 5) is 13.6. The highest BCUT2D eigenvalue weighted by Crippen LogP contribution is 2.40. The summed E-state index contributed by atoms with van der Waals surface area (Å²) in [5.41, 5.74) is 1.38. The second-order valence-electron chi connectivity index (χ2n) is 5.38. The maximum Gasteiger partial charge on any atom is 0.302 e. The van der Waals surface area contributed by atoms with Crippen molar-refractivity contribution in [2.45, 2.75) is 25.4 Å². The Bertz CT molecular complexity index is 431. The molecule has 0 aromatic heterocycles. The lowest BCUT2D eigenvalue weighted by molar-refractivity contribution is -0.157. The van der Waals surface area contributed by atoms with Gasteiger partial charge in [0.25, 0.3) is 0 Å². The van der Waals surface area contributed by atoms with Gasteiger partial charge in [-0.15, -0.1) is 0 Å². The number of hydrogen-bond acceptors (Lipinski definition) is 3. The summed E-state index contributed by atoms with van der Waals surface area (Å²) >= 11 is 0. The first-order valence-corrected chi connectivity index (χ1v) is 6.68. The number of piperidine rings is 3. The molecule has 1 unspecified atom stereocenters. The van der Waals surface area contributed by atoms with Crippen LogP contribution in [0.15, 0.2) is 30.3 Å². The molecule has 3 heterocycles. The summed E-state index contributed by atoms with van der Waals surface area (Å²) in [5, 5.41) is 0. The smallest absolute Gasteiger partial charge is 0.302 e. The van der Waals surface area contributed by atoms with Gasteiger partial charge in [-0.05, 0) is 18.5 Å². The van der Waals surface area contributed by atoms with Gasteiger partial charge >= 0.3 is 5.97 Å². The number of esters is 1. The molecule has 18 heavy (non-hydrogen) atoms. The zero-order chi connectivity index (χ0) is 12.5. The third-order valence-corrected chi connectivity index (χ3v) is 4.21. The molecule has 2 bridgehead atoms. The number of fused-ring (bicyclic) bond motifs is 3. The van der Waals surface area contributed by atoms with Crippen LogP contribution in [-0.2, 0) is 9.53 Å². The molecular weight excluding hydrogens is 226 g/mol. The molecule has 3 heteroatoms. The highest BCUT2D eigenvalue weighted by Gasteiger charge is 2.43. The summed E-state index contributed by atoms with van der Waals surface area (Å²) in [6, 6.07) is 10.6. The van der Waals surface area contributed by atoms with Crippen LogP contribution in [0.25, 0.3) is 0 Å². The van der Waals surface area contributed by atoms with E-state index in [9.17, 15) is 4.79 Å². The van der Waals surface area contributed by atoms with Crippen molar-refractivity contribution in [1.82, 2.24) is 4.90 Å². The van der Waals surface area contributed by atoms with E-state index >= 15 is 0 Å². The Labute approximate surface area is 108 Å². The fourth-order valence-corrected chi connectivity index (χ4v) is 3.43. The molecule has 0 N–H and O–H groups in total. The van der Waals surface area contributed by atoms with Gasteiger partial charge in [0.2, 0.25) is 0 Å². The molecule has 0 spiro atoms. The normalized spacial score (nSPS) is 34.3. The Morgan fingerprint density at radius 3 is 2.72 bits per heavy atom. The average Bonchev–Trinajstić information content (AvgIpc) is 2.39. The first kappa shape index (κ1) is 11.7. The van der Waals surface area contributed by atoms with E-state index in [0.29, 0.717) is 11.8 Å². The number of rotatable bonds is 2. The zero-order valence-electron chi connectivity index (χ0n) is 10.7. The topological polar surface area (TPSA) is 29.5 Å². The molecule has 0 amide bonds. The van der Waals surface area contributed by atoms with Gasteiger partial charge in [0.15, 0.2) is 0 Å². The number of carbonyl (C=O) groups is 1. The lowest BCUT2D eigenvalue weighted by Crippen LogP contribution is -2.55. The van der Waals surface area contributed by atoms with Gasteiger partial charge in [-0.25, -0.2) is 0 Å². The minimum atomic E-state index is -0.152. The van der Waals surface area contributed by atoms with E-state index in [1.165, 1.54) is 12.5 Å². The Hall–Kier alpha value is -1.35. The molecule has 3 aliphatic rings. The SMILES string of the molecule is CC(=O)O[C@@H]1CN2CC[C@H]1[C@H](c1ccccc1)C2. The molecule has 3 saturated heterocycles. The van der Waals surface area contributed by atoms with Gasteiger partial charge in [-0.2, -0.15) is 0 Å². The van der Waals surface area contributed by atoms with Gasteiger partial charge in [-0.1, -0.05) is 30.3 Å². The van der Waals surface area contributed by atoms with Crippen LogP contribution in [0.5, 0.6) is 0 Å². The van der Waals surface area contributed by atoms with Crippen LogP contribution >= 0.6 is 0 Å². The third-order valence-electron chi connectivity index (χ3n) is 4.21. The summed E-state index contributed by atoms with van der Waals surface area (Å²) in [6.07, 6.45) is 1.22. The summed E-state index contributed by atoms with van der Waals surface area (Å²) in [7, 11) is 0. The summed E-state index contributed by atoms with van der Waals surface area (Å²) in [5.74, 6) is 0.847. The van der Waals surface area contributed by atoms with Gasteiger partial charge in [0, 0.05) is 31.8 Å². The van der Waals surface area contributed by atoms with Crippen LogP contribution in [0.3, 0.4) is 0 Å². The van der Waals surface area contributed by atoms with Gasteiger partial charge in [0.1, 0.15) is 6.10 Å². The van der Waals surface area contributed by atoms with Crippen molar-refractivity contribution in [3.63, 3.8) is 0 Å². The minimum absolute atomic E-state index is 0.0789. The molecule has 1 aromatic carbocycles. The Morgan fingerprint density at radius 1 is 1.28 bits per heavy atom. The number of nitrogens with zero attached hydrogens (tertiary/aromatic N) is 1. The monoisotopic (exact) mass is 245 g/mol. The van der Waals surface area contributed by atoms with E-state index < -0.39 is 0 Å². The minimum Gasteiger partial charge on any atom is -0.461 e. The molecule has 3 aliphatic heterocycles. The Morgan fingerprint density at radius 2 is 2.06 bits per heavy atom. The van der Waals surface area contributed by atoms with Crippen molar-refractivity contribution in [3.8, 4) is 0 Å². The number of benzene rings is 1. The third kappa shape index (κ3) is 2.15. The second-order valence-corrected chi connectivity index (χ2v) is 5.38. The fraction of sp³-hybridized carbons (Fsp3) is 0.533.